The molecule has 0 fully saturated rings. The lowest BCUT2D eigenvalue weighted by Crippen LogP contribution is -2.01. The van der Waals surface area contributed by atoms with Gasteiger partial charge in [-0.1, -0.05) is 15.9 Å². The number of halogens is 4. The van der Waals surface area contributed by atoms with Crippen LogP contribution in [0.1, 0.15) is 17.7 Å². The fourth-order valence-electron chi connectivity index (χ4n) is 0.934. The molecule has 0 aliphatic rings. The molecule has 1 heterocycles. The topological polar surface area (TPSA) is 56.0 Å². The second-order valence-electron chi connectivity index (χ2n) is 2.53. The summed E-state index contributed by atoms with van der Waals surface area (Å²) >= 11 is 6.03. The van der Waals surface area contributed by atoms with Gasteiger partial charge in [0.05, 0.1) is 4.92 Å². The molecule has 0 spiro atoms. The highest BCUT2D eigenvalue weighted by Crippen LogP contribution is 2.31. The summed E-state index contributed by atoms with van der Waals surface area (Å²) in [5, 5.41) is 10.8. The molecule has 0 amide bonds. The van der Waals surface area contributed by atoms with Gasteiger partial charge in [0, 0.05) is 17.0 Å². The molecule has 0 aromatic carbocycles. The molecule has 4 nitrogen and oxygen atoms in total. The van der Waals surface area contributed by atoms with Crippen LogP contribution >= 0.6 is 31.9 Å². The fraction of sp³-hybridized carbons (Fsp3) is 0.286. The van der Waals surface area contributed by atoms with Crippen LogP contribution in [0.3, 0.4) is 0 Å². The number of aromatic nitrogens is 1. The molecule has 0 saturated carbocycles. The predicted octanol–water partition coefficient (Wildman–Crippen LogP) is 3.58. The molecule has 0 aliphatic heterocycles. The van der Waals surface area contributed by atoms with E-state index in [0.717, 1.165) is 6.07 Å². The van der Waals surface area contributed by atoms with E-state index in [-0.39, 0.29) is 4.60 Å². The van der Waals surface area contributed by atoms with Crippen molar-refractivity contribution in [3.8, 4) is 0 Å². The van der Waals surface area contributed by atoms with E-state index in [9.17, 15) is 18.9 Å². The summed E-state index contributed by atoms with van der Waals surface area (Å²) in [7, 11) is 0. The van der Waals surface area contributed by atoms with Crippen molar-refractivity contribution in [1.82, 2.24) is 4.98 Å². The first-order valence-electron chi connectivity index (χ1n) is 3.65. The van der Waals surface area contributed by atoms with E-state index in [0.29, 0.717) is 10.9 Å². The van der Waals surface area contributed by atoms with Crippen molar-refractivity contribution < 1.29 is 13.7 Å². The quantitative estimate of drug-likeness (QED) is 0.364. The van der Waals surface area contributed by atoms with Gasteiger partial charge < -0.3 is 0 Å². The van der Waals surface area contributed by atoms with Crippen molar-refractivity contribution in [2.45, 2.75) is 11.8 Å². The van der Waals surface area contributed by atoms with Crippen molar-refractivity contribution >= 4 is 37.5 Å². The Kier molecular flexibility index (Phi) is 4.09. The number of nitrogens with zero attached hydrogens (tertiary/aromatic N) is 2. The number of hydrogen-bond donors (Lipinski definition) is 0. The number of alkyl halides is 3. The van der Waals surface area contributed by atoms with Gasteiger partial charge in [0.25, 0.3) is 12.1 Å². The van der Waals surface area contributed by atoms with Gasteiger partial charge in [-0.25, -0.2) is 13.8 Å². The Morgan fingerprint density at radius 3 is 2.60 bits per heavy atom. The Balaban J connectivity index is 3.39. The molecule has 0 N–H and O–H groups in total. The SMILES string of the molecule is O=[N+]([O-])c1cc(CBr)c(Br)nc1C(F)F. The Hall–Kier alpha value is -0.630. The maximum atomic E-state index is 12.4. The molecule has 0 atom stereocenters. The third-order valence-electron chi connectivity index (χ3n) is 1.60. The van der Waals surface area contributed by atoms with Gasteiger partial charge in [0.1, 0.15) is 4.60 Å². The van der Waals surface area contributed by atoms with Crippen LogP contribution < -0.4 is 0 Å². The zero-order valence-electron chi connectivity index (χ0n) is 7.08. The van der Waals surface area contributed by atoms with Gasteiger partial charge in [-0.15, -0.1) is 0 Å². The van der Waals surface area contributed by atoms with Crippen molar-refractivity contribution in [2.75, 3.05) is 0 Å². The van der Waals surface area contributed by atoms with Crippen LogP contribution in [0.25, 0.3) is 0 Å². The second kappa shape index (κ2) is 4.93. The largest absolute Gasteiger partial charge is 0.297 e. The average Bonchev–Trinajstić information content (AvgIpc) is 2.16. The monoisotopic (exact) mass is 344 g/mol. The van der Waals surface area contributed by atoms with Gasteiger partial charge in [0.15, 0.2) is 5.69 Å². The summed E-state index contributed by atoms with van der Waals surface area (Å²) in [6, 6.07) is 1.08. The average molecular weight is 346 g/mol. The van der Waals surface area contributed by atoms with Crippen molar-refractivity contribution in [3.63, 3.8) is 0 Å². The molecule has 8 heteroatoms. The molecule has 82 valence electrons. The molecular weight excluding hydrogens is 342 g/mol. The summed E-state index contributed by atoms with van der Waals surface area (Å²) in [4.78, 5) is 13.1. The van der Waals surface area contributed by atoms with Crippen LogP contribution in [-0.2, 0) is 5.33 Å². The number of hydrogen-bond acceptors (Lipinski definition) is 3. The van der Waals surface area contributed by atoms with Crippen LogP contribution in [0, 0.1) is 10.1 Å². The second-order valence-corrected chi connectivity index (χ2v) is 3.85. The van der Waals surface area contributed by atoms with Crippen LogP contribution in [-0.4, -0.2) is 9.91 Å². The highest BCUT2D eigenvalue weighted by molar-refractivity contribution is 9.10. The zero-order chi connectivity index (χ0) is 11.6. The lowest BCUT2D eigenvalue weighted by Gasteiger charge is -2.04. The van der Waals surface area contributed by atoms with E-state index in [1.165, 1.54) is 0 Å². The standard InChI is InChI=1S/C7H4Br2F2N2O2/c8-2-3-1-4(13(14)15)5(7(10)11)12-6(3)9/h1,7H,2H2. The summed E-state index contributed by atoms with van der Waals surface area (Å²) in [6.07, 6.45) is -2.97. The van der Waals surface area contributed by atoms with E-state index in [2.05, 4.69) is 36.8 Å². The van der Waals surface area contributed by atoms with Gasteiger partial charge in [0.2, 0.25) is 0 Å². The molecular formula is C7H4Br2F2N2O2. The van der Waals surface area contributed by atoms with Crippen LogP contribution in [0.4, 0.5) is 14.5 Å². The minimum absolute atomic E-state index is 0.181. The van der Waals surface area contributed by atoms with Crippen LogP contribution in [0.2, 0.25) is 0 Å². The Labute approximate surface area is 100 Å². The molecule has 0 bridgehead atoms. The van der Waals surface area contributed by atoms with Crippen LogP contribution in [0.15, 0.2) is 10.7 Å². The summed E-state index contributed by atoms with van der Waals surface area (Å²) in [5.74, 6) is 0. The summed E-state index contributed by atoms with van der Waals surface area (Å²) in [6.45, 7) is 0. The Bertz CT molecular complexity index is 401. The Morgan fingerprint density at radius 2 is 2.20 bits per heavy atom. The third kappa shape index (κ3) is 2.69. The first kappa shape index (κ1) is 12.4. The Morgan fingerprint density at radius 1 is 1.60 bits per heavy atom. The van der Waals surface area contributed by atoms with E-state index in [1.807, 2.05) is 0 Å². The predicted molar refractivity (Wildman–Crippen MR) is 56.2 cm³/mol. The minimum Gasteiger partial charge on any atom is -0.258 e. The molecule has 1 aromatic heterocycles. The summed E-state index contributed by atoms with van der Waals surface area (Å²) < 4.78 is 25.0. The zero-order valence-corrected chi connectivity index (χ0v) is 10.3. The van der Waals surface area contributed by atoms with Crippen LogP contribution in [0.5, 0.6) is 0 Å². The van der Waals surface area contributed by atoms with Crippen molar-refractivity contribution in [3.05, 3.63) is 32.0 Å². The normalized spacial score (nSPS) is 10.7. The molecule has 1 aromatic rings. The lowest BCUT2D eigenvalue weighted by molar-refractivity contribution is -0.386. The van der Waals surface area contributed by atoms with E-state index < -0.39 is 22.7 Å². The number of pyridine rings is 1. The maximum absolute atomic E-state index is 12.4. The molecule has 0 radical (unpaired) electrons. The van der Waals surface area contributed by atoms with E-state index in [4.69, 9.17) is 0 Å². The molecule has 1 rings (SSSR count). The smallest absolute Gasteiger partial charge is 0.258 e. The lowest BCUT2D eigenvalue weighted by atomic mass is 10.2. The molecule has 0 saturated heterocycles. The summed E-state index contributed by atoms with van der Waals surface area (Å²) in [5.41, 5.74) is -1.04. The van der Waals surface area contributed by atoms with Gasteiger partial charge >= 0.3 is 0 Å². The van der Waals surface area contributed by atoms with Gasteiger partial charge in [-0.3, -0.25) is 10.1 Å². The minimum atomic E-state index is -2.97. The molecule has 0 aliphatic carbocycles. The van der Waals surface area contributed by atoms with Gasteiger partial charge in [-0.2, -0.15) is 0 Å². The highest BCUT2D eigenvalue weighted by Gasteiger charge is 2.25. The molecule has 0 unspecified atom stereocenters. The highest BCUT2D eigenvalue weighted by atomic mass is 79.9. The van der Waals surface area contributed by atoms with Crippen molar-refractivity contribution in [1.29, 1.82) is 0 Å². The third-order valence-corrected chi connectivity index (χ3v) is 2.90. The number of nitro groups is 1. The molecule has 15 heavy (non-hydrogen) atoms. The van der Waals surface area contributed by atoms with Crippen molar-refractivity contribution in [2.24, 2.45) is 0 Å². The van der Waals surface area contributed by atoms with E-state index in [1.54, 1.807) is 0 Å². The van der Waals surface area contributed by atoms with Gasteiger partial charge in [-0.05, 0) is 15.9 Å². The maximum Gasteiger partial charge on any atom is 0.297 e. The first-order valence-corrected chi connectivity index (χ1v) is 5.56. The first-order chi connectivity index (χ1) is 6.97. The number of rotatable bonds is 3. The fourth-order valence-corrected chi connectivity index (χ4v) is 2.18. The van der Waals surface area contributed by atoms with E-state index >= 15 is 0 Å².